The number of hydrogen-bond acceptors (Lipinski definition) is 0. The minimum atomic E-state index is -1.66. The van der Waals surface area contributed by atoms with E-state index < -0.39 is 6.89 Å². The molecule has 0 bridgehead atoms. The van der Waals surface area contributed by atoms with Crippen LogP contribution in [0.2, 0.25) is 0 Å². The Morgan fingerprint density at radius 1 is 0.906 bits per heavy atom. The molecule has 0 amide bonds. The summed E-state index contributed by atoms with van der Waals surface area (Å²) in [5, 5.41) is 2.96. The van der Waals surface area contributed by atoms with E-state index in [1.54, 1.807) is 0 Å². The first-order valence-electron chi connectivity index (χ1n) is 11.7. The Kier molecular flexibility index (Phi) is 4.99. The van der Waals surface area contributed by atoms with Crippen molar-refractivity contribution in [3.63, 3.8) is 0 Å². The predicted molar refractivity (Wildman–Crippen MR) is 145 cm³/mol. The van der Waals surface area contributed by atoms with Gasteiger partial charge >= 0.3 is 0 Å². The first kappa shape index (κ1) is 21.3. The summed E-state index contributed by atoms with van der Waals surface area (Å²) in [5.74, 6) is 0.390. The molecule has 0 N–H and O–H groups in total. The molecule has 0 saturated heterocycles. The summed E-state index contributed by atoms with van der Waals surface area (Å²) >= 11 is 0. The maximum absolute atomic E-state index is 4.86. The third kappa shape index (κ3) is 3.04. The second-order valence-corrected chi connectivity index (χ2v) is 13.4. The van der Waals surface area contributed by atoms with Gasteiger partial charge in [0.2, 0.25) is 0 Å². The quantitative estimate of drug-likeness (QED) is 0.362. The van der Waals surface area contributed by atoms with Crippen LogP contribution in [-0.4, -0.2) is 13.0 Å². The lowest BCUT2D eigenvalue weighted by Gasteiger charge is -2.23. The molecular weight excluding hydrogens is 403 g/mol. The standard InChI is InChI=1S/C31H33P/c1-7-23-26-19-28-25(24-15-11-12-16-27(24)31(28,3)4)20-30(26)32(5,6)29(23)18-17-21(2)22-13-9-8-10-14-22/h8-21H,5,7H2,1-4,6H3/b18-17-. The van der Waals surface area contributed by atoms with Crippen LogP contribution in [0.15, 0.2) is 84.2 Å². The Morgan fingerprint density at radius 3 is 2.31 bits per heavy atom. The molecule has 0 nitrogen and oxygen atoms in total. The average Bonchev–Trinajstić information content (AvgIpc) is 3.15. The Bertz CT molecular complexity index is 1320. The van der Waals surface area contributed by atoms with Crippen molar-refractivity contribution < 1.29 is 0 Å². The van der Waals surface area contributed by atoms with Gasteiger partial charge in [0.25, 0.3) is 0 Å². The van der Waals surface area contributed by atoms with E-state index in [0.717, 1.165) is 6.42 Å². The van der Waals surface area contributed by atoms with Gasteiger partial charge in [-0.05, 0) is 80.7 Å². The van der Waals surface area contributed by atoms with E-state index >= 15 is 0 Å². The lowest BCUT2D eigenvalue weighted by atomic mass is 9.81. The van der Waals surface area contributed by atoms with Crippen LogP contribution >= 0.6 is 6.89 Å². The molecule has 3 aromatic carbocycles. The van der Waals surface area contributed by atoms with Crippen molar-refractivity contribution in [2.24, 2.45) is 0 Å². The van der Waals surface area contributed by atoms with Crippen LogP contribution in [0.4, 0.5) is 0 Å². The van der Waals surface area contributed by atoms with Crippen LogP contribution in [0, 0.1) is 0 Å². The zero-order chi connectivity index (χ0) is 22.7. The van der Waals surface area contributed by atoms with E-state index in [2.05, 4.69) is 113 Å². The van der Waals surface area contributed by atoms with Crippen molar-refractivity contribution in [1.29, 1.82) is 0 Å². The topological polar surface area (TPSA) is 0 Å². The van der Waals surface area contributed by atoms with Crippen molar-refractivity contribution in [2.75, 3.05) is 6.66 Å². The van der Waals surface area contributed by atoms with Gasteiger partial charge < -0.3 is 0 Å². The van der Waals surface area contributed by atoms with Crippen molar-refractivity contribution >= 4 is 24.1 Å². The fourth-order valence-corrected chi connectivity index (χ4v) is 8.39. The van der Waals surface area contributed by atoms with Gasteiger partial charge in [-0.15, -0.1) is 0 Å². The van der Waals surface area contributed by atoms with Gasteiger partial charge in [-0.25, -0.2) is 0 Å². The van der Waals surface area contributed by atoms with Gasteiger partial charge in [-0.2, -0.15) is 0 Å². The average molecular weight is 437 g/mol. The highest BCUT2D eigenvalue weighted by Crippen LogP contribution is 2.61. The summed E-state index contributed by atoms with van der Waals surface area (Å²) in [6, 6.07) is 24.7. The molecule has 2 aliphatic rings. The molecule has 0 saturated carbocycles. The largest absolute Gasteiger partial charge is 0.0929 e. The molecule has 2 atom stereocenters. The zero-order valence-corrected chi connectivity index (χ0v) is 20.8. The fourth-order valence-electron chi connectivity index (χ4n) is 5.69. The lowest BCUT2D eigenvalue weighted by molar-refractivity contribution is 0.660. The molecule has 32 heavy (non-hydrogen) atoms. The molecule has 2 unspecified atom stereocenters. The highest BCUT2D eigenvalue weighted by Gasteiger charge is 2.39. The van der Waals surface area contributed by atoms with Crippen LogP contribution in [-0.2, 0) is 5.41 Å². The van der Waals surface area contributed by atoms with Gasteiger partial charge in [0.05, 0.1) is 0 Å². The van der Waals surface area contributed by atoms with Crippen LogP contribution in [0.1, 0.15) is 62.3 Å². The predicted octanol–water partition coefficient (Wildman–Crippen LogP) is 8.19. The molecule has 1 heteroatoms. The van der Waals surface area contributed by atoms with E-state index in [1.807, 2.05) is 0 Å². The summed E-state index contributed by atoms with van der Waals surface area (Å²) in [6.45, 7) is 10.1. The van der Waals surface area contributed by atoms with Gasteiger partial charge in [0.1, 0.15) is 0 Å². The Hall–Kier alpha value is -2.56. The van der Waals surface area contributed by atoms with E-state index in [1.165, 1.54) is 49.6 Å². The third-order valence-corrected chi connectivity index (χ3v) is 10.5. The highest BCUT2D eigenvalue weighted by atomic mass is 31.2. The molecule has 0 fully saturated rings. The molecule has 162 valence electrons. The zero-order valence-electron chi connectivity index (χ0n) is 19.9. The normalized spacial score (nSPS) is 21.5. The number of fused-ring (bicyclic) bond motifs is 4. The molecule has 1 aliphatic heterocycles. The van der Waals surface area contributed by atoms with Gasteiger partial charge in [0, 0.05) is 5.41 Å². The van der Waals surface area contributed by atoms with Gasteiger partial charge in [0.15, 0.2) is 0 Å². The molecule has 0 aromatic heterocycles. The smallest absolute Gasteiger partial charge is 0.0159 e. The number of benzene rings is 3. The Balaban J connectivity index is 1.63. The van der Waals surface area contributed by atoms with Crippen LogP contribution < -0.4 is 5.30 Å². The summed E-state index contributed by atoms with van der Waals surface area (Å²) in [5.41, 5.74) is 10.1. The summed E-state index contributed by atoms with van der Waals surface area (Å²) in [7, 11) is 0. The highest BCUT2D eigenvalue weighted by molar-refractivity contribution is 7.84. The summed E-state index contributed by atoms with van der Waals surface area (Å²) < 4.78 is 0. The number of allylic oxidation sites excluding steroid dienone is 4. The molecule has 0 radical (unpaired) electrons. The summed E-state index contributed by atoms with van der Waals surface area (Å²) in [4.78, 5) is 0. The van der Waals surface area contributed by atoms with E-state index in [-0.39, 0.29) is 5.41 Å². The number of hydrogen-bond donors (Lipinski definition) is 0. The van der Waals surface area contributed by atoms with Crippen molar-refractivity contribution in [3.8, 4) is 11.1 Å². The maximum Gasteiger partial charge on any atom is 0.0159 e. The van der Waals surface area contributed by atoms with Crippen LogP contribution in [0.3, 0.4) is 0 Å². The molecule has 0 spiro atoms. The molecule has 1 aliphatic carbocycles. The minimum Gasteiger partial charge on any atom is -0.0929 e. The first-order chi connectivity index (χ1) is 15.3. The Morgan fingerprint density at radius 2 is 1.59 bits per heavy atom. The van der Waals surface area contributed by atoms with Crippen molar-refractivity contribution in [2.45, 2.75) is 45.4 Å². The van der Waals surface area contributed by atoms with Gasteiger partial charge in [-0.1, -0.05) is 108 Å². The minimum absolute atomic E-state index is 0.0379. The third-order valence-electron chi connectivity index (χ3n) is 7.62. The summed E-state index contributed by atoms with van der Waals surface area (Å²) in [6.07, 6.45) is 10.7. The molecule has 1 heterocycles. The van der Waals surface area contributed by atoms with Crippen LogP contribution in [0.25, 0.3) is 16.7 Å². The van der Waals surface area contributed by atoms with E-state index in [4.69, 9.17) is 6.30 Å². The van der Waals surface area contributed by atoms with Crippen LogP contribution in [0.5, 0.6) is 0 Å². The fraction of sp³-hybridized carbons (Fsp3) is 0.258. The first-order valence-corrected chi connectivity index (χ1v) is 14.2. The van der Waals surface area contributed by atoms with E-state index in [9.17, 15) is 0 Å². The maximum atomic E-state index is 4.86. The van der Waals surface area contributed by atoms with Crippen molar-refractivity contribution in [3.05, 3.63) is 106 Å². The second kappa shape index (κ2) is 7.50. The Labute approximate surface area is 193 Å². The SMILES string of the molecule is C=P1(C)C(/C=C\C(C)c2ccccc2)=C(CC)c2cc3c(cc21)-c1ccccc1C3(C)C. The second-order valence-electron chi connectivity index (χ2n) is 10.1. The number of rotatable bonds is 4. The van der Waals surface area contributed by atoms with Crippen molar-refractivity contribution in [1.82, 2.24) is 0 Å². The molecular formula is C31H33P. The lowest BCUT2D eigenvalue weighted by Crippen LogP contribution is -2.16. The molecule has 5 rings (SSSR count). The molecule has 3 aromatic rings. The van der Waals surface area contributed by atoms with E-state index in [0.29, 0.717) is 5.92 Å². The van der Waals surface area contributed by atoms with Gasteiger partial charge in [-0.3, -0.25) is 0 Å². The monoisotopic (exact) mass is 436 g/mol.